The van der Waals surface area contributed by atoms with Gasteiger partial charge in [-0.3, -0.25) is 4.52 Å². The van der Waals surface area contributed by atoms with Crippen LogP contribution >= 0.6 is 7.82 Å². The van der Waals surface area contributed by atoms with E-state index in [0.717, 1.165) is 6.26 Å². The van der Waals surface area contributed by atoms with Crippen LogP contribution in [0.25, 0.3) is 0 Å². The van der Waals surface area contributed by atoms with E-state index in [-0.39, 0.29) is 18.8 Å². The fourth-order valence-corrected chi connectivity index (χ4v) is 0.910. The number of rotatable bonds is 6. The molecule has 0 saturated heterocycles. The highest BCUT2D eigenvalue weighted by atomic mass is 31.2. The smallest absolute Gasteiger partial charge is 0.469 e. The summed E-state index contributed by atoms with van der Waals surface area (Å²) in [6, 6.07) is 0. The van der Waals surface area contributed by atoms with Crippen molar-refractivity contribution in [1.82, 2.24) is 0 Å². The average molecular weight is 240 g/mol. The topological polar surface area (TPSA) is 102 Å². The van der Waals surface area contributed by atoms with Gasteiger partial charge in [-0.2, -0.15) is 0 Å². The molecule has 0 aliphatic rings. The van der Waals surface area contributed by atoms with E-state index in [4.69, 9.17) is 14.5 Å². The molecule has 0 radical (unpaired) electrons. The zero-order chi connectivity index (χ0) is 11.9. The Labute approximate surface area is 86.9 Å². The number of phosphoric ester groups is 1. The first kappa shape index (κ1) is 14.1. The molecular weight excluding hydrogens is 227 g/mol. The Hall–Kier alpha value is -0.880. The monoisotopic (exact) mass is 240 g/mol. The average Bonchev–Trinajstić information content (AvgIpc) is 2.14. The van der Waals surface area contributed by atoms with Gasteiger partial charge in [-0.05, 0) is 6.92 Å². The molecule has 0 atom stereocenters. The second-order valence-electron chi connectivity index (χ2n) is 2.49. The second-order valence-corrected chi connectivity index (χ2v) is 3.73. The summed E-state index contributed by atoms with van der Waals surface area (Å²) in [5, 5.41) is 0. The van der Waals surface area contributed by atoms with Gasteiger partial charge in [-0.1, -0.05) is 0 Å². The Morgan fingerprint density at radius 3 is 2.47 bits per heavy atom. The van der Waals surface area contributed by atoms with Crippen LogP contribution in [-0.4, -0.2) is 36.1 Å². The maximum Gasteiger partial charge on any atom is 0.469 e. The van der Waals surface area contributed by atoms with E-state index >= 15 is 0 Å². The first-order chi connectivity index (χ1) is 6.87. The summed E-state index contributed by atoms with van der Waals surface area (Å²) in [5.74, 6) is -0.536. The van der Waals surface area contributed by atoms with Gasteiger partial charge in [0.15, 0.2) is 0 Å². The second kappa shape index (κ2) is 6.58. The third-order valence-corrected chi connectivity index (χ3v) is 1.75. The lowest BCUT2D eigenvalue weighted by Gasteiger charge is -2.05. The summed E-state index contributed by atoms with van der Waals surface area (Å²) in [7, 11) is -3.21. The molecule has 0 aromatic carbocycles. The van der Waals surface area contributed by atoms with E-state index < -0.39 is 13.8 Å². The van der Waals surface area contributed by atoms with E-state index in [1.807, 2.05) is 0 Å². The van der Waals surface area contributed by atoms with Gasteiger partial charge in [-0.15, -0.1) is 0 Å². The predicted octanol–water partition coefficient (Wildman–Crippen LogP) is 0.189. The summed E-state index contributed by atoms with van der Waals surface area (Å²) in [6.45, 7) is 1.14. The van der Waals surface area contributed by atoms with Crippen molar-refractivity contribution in [3.8, 4) is 0 Å². The SMILES string of the molecule is COC(=O)C(C)=COCCOP(=O)(O)O. The van der Waals surface area contributed by atoms with E-state index in [2.05, 4.69) is 9.26 Å². The maximum atomic E-state index is 10.8. The summed E-state index contributed by atoms with van der Waals surface area (Å²) in [5.41, 5.74) is 0.244. The molecule has 2 N–H and O–H groups in total. The van der Waals surface area contributed by atoms with Crippen LogP contribution in [0.5, 0.6) is 0 Å². The van der Waals surface area contributed by atoms with E-state index in [1.165, 1.54) is 14.0 Å². The molecule has 0 aliphatic carbocycles. The van der Waals surface area contributed by atoms with Crippen molar-refractivity contribution in [2.75, 3.05) is 20.3 Å². The van der Waals surface area contributed by atoms with Crippen molar-refractivity contribution in [2.45, 2.75) is 6.92 Å². The summed E-state index contributed by atoms with van der Waals surface area (Å²) in [4.78, 5) is 27.4. The highest BCUT2D eigenvalue weighted by molar-refractivity contribution is 7.46. The number of ether oxygens (including phenoxy) is 2. The number of esters is 1. The number of methoxy groups -OCH3 is 1. The summed E-state index contributed by atoms with van der Waals surface area (Å²) < 4.78 is 23.5. The summed E-state index contributed by atoms with van der Waals surface area (Å²) >= 11 is 0. The van der Waals surface area contributed by atoms with Crippen molar-refractivity contribution in [3.63, 3.8) is 0 Å². The molecule has 0 heterocycles. The number of carbonyl (C=O) groups excluding carboxylic acids is 1. The largest absolute Gasteiger partial charge is 0.498 e. The normalized spacial score (nSPS) is 12.4. The molecular formula is C7H13O7P. The van der Waals surface area contributed by atoms with Crippen LogP contribution in [0.15, 0.2) is 11.8 Å². The molecule has 8 heteroatoms. The van der Waals surface area contributed by atoms with E-state index in [0.29, 0.717) is 0 Å². The number of phosphoric acid groups is 1. The predicted molar refractivity (Wildman–Crippen MR) is 49.7 cm³/mol. The maximum absolute atomic E-state index is 10.8. The highest BCUT2D eigenvalue weighted by Crippen LogP contribution is 2.35. The third kappa shape index (κ3) is 8.14. The minimum atomic E-state index is -4.45. The molecule has 0 saturated carbocycles. The standard InChI is InChI=1S/C7H13O7P/c1-6(7(8)12-2)5-13-3-4-14-15(9,10)11/h5H,3-4H2,1-2H3,(H2,9,10,11). The first-order valence-electron chi connectivity index (χ1n) is 3.93. The van der Waals surface area contributed by atoms with Gasteiger partial charge in [-0.25, -0.2) is 9.36 Å². The van der Waals surface area contributed by atoms with Crippen LogP contribution in [0.4, 0.5) is 0 Å². The van der Waals surface area contributed by atoms with E-state index in [9.17, 15) is 9.36 Å². The molecule has 0 amide bonds. The van der Waals surface area contributed by atoms with Gasteiger partial charge in [0.2, 0.25) is 0 Å². The minimum absolute atomic E-state index is 0.0700. The van der Waals surface area contributed by atoms with Crippen LogP contribution in [0, 0.1) is 0 Å². The molecule has 0 unspecified atom stereocenters. The van der Waals surface area contributed by atoms with Crippen molar-refractivity contribution in [3.05, 3.63) is 11.8 Å². The van der Waals surface area contributed by atoms with Crippen molar-refractivity contribution < 1.29 is 33.1 Å². The molecule has 0 aliphatic heterocycles. The van der Waals surface area contributed by atoms with Crippen LogP contribution in [-0.2, 0) is 23.4 Å². The van der Waals surface area contributed by atoms with Gasteiger partial charge in [0.1, 0.15) is 6.61 Å². The molecule has 0 rings (SSSR count). The Morgan fingerprint density at radius 1 is 1.40 bits per heavy atom. The quantitative estimate of drug-likeness (QED) is 0.224. The molecule has 0 bridgehead atoms. The Morgan fingerprint density at radius 2 is 2.00 bits per heavy atom. The van der Waals surface area contributed by atoms with Crippen LogP contribution in [0.3, 0.4) is 0 Å². The summed E-state index contributed by atoms with van der Waals surface area (Å²) in [6.07, 6.45) is 1.13. The first-order valence-corrected chi connectivity index (χ1v) is 5.46. The lowest BCUT2D eigenvalue weighted by Crippen LogP contribution is -2.04. The molecule has 88 valence electrons. The minimum Gasteiger partial charge on any atom is -0.498 e. The molecule has 7 nitrogen and oxygen atoms in total. The molecule has 0 spiro atoms. The molecule has 15 heavy (non-hydrogen) atoms. The fourth-order valence-electron chi connectivity index (χ4n) is 0.597. The Bertz CT molecular complexity index is 279. The van der Waals surface area contributed by atoms with Gasteiger partial charge in [0.25, 0.3) is 0 Å². The van der Waals surface area contributed by atoms with Crippen LogP contribution in [0.1, 0.15) is 6.92 Å². The van der Waals surface area contributed by atoms with Crippen molar-refractivity contribution >= 4 is 13.8 Å². The van der Waals surface area contributed by atoms with Crippen LogP contribution in [0.2, 0.25) is 0 Å². The molecule has 0 aromatic heterocycles. The number of carbonyl (C=O) groups is 1. The van der Waals surface area contributed by atoms with Crippen LogP contribution < -0.4 is 0 Å². The highest BCUT2D eigenvalue weighted by Gasteiger charge is 2.12. The van der Waals surface area contributed by atoms with Crippen molar-refractivity contribution in [2.24, 2.45) is 0 Å². The van der Waals surface area contributed by atoms with Gasteiger partial charge >= 0.3 is 13.8 Å². The van der Waals surface area contributed by atoms with Crippen molar-refractivity contribution in [1.29, 1.82) is 0 Å². The lowest BCUT2D eigenvalue weighted by atomic mass is 10.3. The van der Waals surface area contributed by atoms with Gasteiger partial charge in [0, 0.05) is 0 Å². The van der Waals surface area contributed by atoms with Gasteiger partial charge < -0.3 is 19.3 Å². The number of hydrogen-bond donors (Lipinski definition) is 2. The Balaban J connectivity index is 3.71. The lowest BCUT2D eigenvalue weighted by molar-refractivity contribution is -0.136. The third-order valence-electron chi connectivity index (χ3n) is 1.23. The zero-order valence-corrected chi connectivity index (χ0v) is 9.27. The van der Waals surface area contributed by atoms with Gasteiger partial charge in [0.05, 0.1) is 25.6 Å². The number of hydrogen-bond acceptors (Lipinski definition) is 5. The fraction of sp³-hybridized carbons (Fsp3) is 0.571. The molecule has 0 fully saturated rings. The van der Waals surface area contributed by atoms with E-state index in [1.54, 1.807) is 0 Å². The Kier molecular flexibility index (Phi) is 6.19. The molecule has 0 aromatic rings. The zero-order valence-electron chi connectivity index (χ0n) is 8.37.